The smallest absolute Gasteiger partial charge is 0.0931 e. The zero-order valence-corrected chi connectivity index (χ0v) is 9.52. The summed E-state index contributed by atoms with van der Waals surface area (Å²) in [4.78, 5) is 3.32. The Bertz CT molecular complexity index is 261. The minimum absolute atomic E-state index is 0.166. The molecule has 0 radical (unpaired) electrons. The van der Waals surface area contributed by atoms with Gasteiger partial charge in [-0.1, -0.05) is 11.6 Å². The fourth-order valence-electron chi connectivity index (χ4n) is 1.25. The zero-order chi connectivity index (χ0) is 10.4. The molecule has 0 aliphatic heterocycles. The Hall–Kier alpha value is -0.130. The molecule has 0 unspecified atom stereocenters. The fourth-order valence-corrected chi connectivity index (χ4v) is 2.38. The van der Waals surface area contributed by atoms with Gasteiger partial charge in [0.05, 0.1) is 10.9 Å². The van der Waals surface area contributed by atoms with E-state index < -0.39 is 0 Å². The Kier molecular flexibility index (Phi) is 5.44. The van der Waals surface area contributed by atoms with Crippen LogP contribution in [0.1, 0.15) is 4.88 Å². The Morgan fingerprint density at radius 1 is 1.43 bits per heavy atom. The molecule has 0 aromatic carbocycles. The van der Waals surface area contributed by atoms with Gasteiger partial charge < -0.3 is 10.8 Å². The molecule has 14 heavy (non-hydrogen) atoms. The van der Waals surface area contributed by atoms with E-state index in [1.165, 1.54) is 4.88 Å². The molecule has 0 aliphatic rings. The molecule has 80 valence electrons. The number of aliphatic hydroxyl groups is 1. The molecule has 0 bridgehead atoms. The number of rotatable bonds is 6. The van der Waals surface area contributed by atoms with Crippen LogP contribution in [0.3, 0.4) is 0 Å². The van der Waals surface area contributed by atoms with E-state index in [1.807, 2.05) is 12.1 Å². The van der Waals surface area contributed by atoms with Crippen molar-refractivity contribution < 1.29 is 5.11 Å². The summed E-state index contributed by atoms with van der Waals surface area (Å²) in [5.41, 5.74) is 5.47. The van der Waals surface area contributed by atoms with Crippen LogP contribution in [0.15, 0.2) is 12.1 Å². The van der Waals surface area contributed by atoms with Crippen LogP contribution in [-0.2, 0) is 6.54 Å². The van der Waals surface area contributed by atoms with Crippen molar-refractivity contribution in [1.82, 2.24) is 4.90 Å². The first-order valence-electron chi connectivity index (χ1n) is 4.53. The summed E-state index contributed by atoms with van der Waals surface area (Å²) in [6.45, 7) is 3.05. The van der Waals surface area contributed by atoms with Gasteiger partial charge in [-0.3, -0.25) is 4.90 Å². The van der Waals surface area contributed by atoms with Crippen LogP contribution < -0.4 is 5.73 Å². The minimum Gasteiger partial charge on any atom is -0.395 e. The van der Waals surface area contributed by atoms with E-state index in [0.29, 0.717) is 13.1 Å². The number of nitrogens with two attached hydrogens (primary N) is 1. The van der Waals surface area contributed by atoms with Gasteiger partial charge in [-0.15, -0.1) is 11.3 Å². The first-order chi connectivity index (χ1) is 6.76. The molecule has 1 rings (SSSR count). The summed E-state index contributed by atoms with van der Waals surface area (Å²) in [7, 11) is 0. The van der Waals surface area contributed by atoms with E-state index in [-0.39, 0.29) is 6.61 Å². The van der Waals surface area contributed by atoms with Crippen molar-refractivity contribution in [1.29, 1.82) is 0 Å². The second-order valence-corrected chi connectivity index (χ2v) is 4.79. The normalized spacial score (nSPS) is 11.1. The largest absolute Gasteiger partial charge is 0.395 e. The number of hydrogen-bond donors (Lipinski definition) is 2. The van der Waals surface area contributed by atoms with Crippen LogP contribution in [0.5, 0.6) is 0 Å². The standard InChI is InChI=1S/C9H15ClN2OS/c10-9-2-1-8(14-9)7-12(4-3-11)5-6-13/h1-2,13H,3-7,11H2. The predicted octanol–water partition coefficient (Wildman–Crippen LogP) is 1.15. The highest BCUT2D eigenvalue weighted by Gasteiger charge is 2.05. The molecule has 1 aromatic rings. The third-order valence-electron chi connectivity index (χ3n) is 1.87. The lowest BCUT2D eigenvalue weighted by atomic mass is 10.4. The number of halogens is 1. The molecule has 0 spiro atoms. The molecule has 0 saturated carbocycles. The lowest BCUT2D eigenvalue weighted by Crippen LogP contribution is -2.31. The highest BCUT2D eigenvalue weighted by Crippen LogP contribution is 2.22. The molecule has 0 fully saturated rings. The molecule has 0 amide bonds. The number of nitrogens with zero attached hydrogens (tertiary/aromatic N) is 1. The first kappa shape index (κ1) is 11.9. The molecule has 1 aromatic heterocycles. The van der Waals surface area contributed by atoms with Gasteiger partial charge in [-0.05, 0) is 12.1 Å². The van der Waals surface area contributed by atoms with Crippen molar-refractivity contribution in [3.8, 4) is 0 Å². The quantitative estimate of drug-likeness (QED) is 0.777. The molecule has 0 aliphatic carbocycles. The van der Waals surface area contributed by atoms with Gasteiger partial charge in [-0.25, -0.2) is 0 Å². The average Bonchev–Trinajstić information content (AvgIpc) is 2.52. The van der Waals surface area contributed by atoms with Gasteiger partial charge in [0.25, 0.3) is 0 Å². The predicted molar refractivity (Wildman–Crippen MR) is 60.7 cm³/mol. The molecule has 0 atom stereocenters. The van der Waals surface area contributed by atoms with E-state index in [2.05, 4.69) is 4.90 Å². The van der Waals surface area contributed by atoms with Crippen molar-refractivity contribution in [3.05, 3.63) is 21.3 Å². The Labute approximate surface area is 93.1 Å². The maximum atomic E-state index is 8.84. The Balaban J connectivity index is 2.46. The third-order valence-corrected chi connectivity index (χ3v) is 3.09. The fraction of sp³-hybridized carbons (Fsp3) is 0.556. The molecule has 0 saturated heterocycles. The van der Waals surface area contributed by atoms with Crippen molar-refractivity contribution in [2.24, 2.45) is 5.73 Å². The van der Waals surface area contributed by atoms with Crippen LogP contribution in [0.25, 0.3) is 0 Å². The SMILES string of the molecule is NCCN(CCO)Cc1ccc(Cl)s1. The average molecular weight is 235 g/mol. The summed E-state index contributed by atoms with van der Waals surface area (Å²) >= 11 is 7.39. The van der Waals surface area contributed by atoms with Gasteiger partial charge in [0.2, 0.25) is 0 Å². The third kappa shape index (κ3) is 3.94. The first-order valence-corrected chi connectivity index (χ1v) is 5.73. The van der Waals surface area contributed by atoms with Gasteiger partial charge in [0, 0.05) is 31.1 Å². The molecule has 3 N–H and O–H groups in total. The lowest BCUT2D eigenvalue weighted by Gasteiger charge is -2.19. The highest BCUT2D eigenvalue weighted by molar-refractivity contribution is 7.16. The second kappa shape index (κ2) is 6.37. The molecule has 1 heterocycles. The second-order valence-electron chi connectivity index (χ2n) is 2.99. The lowest BCUT2D eigenvalue weighted by molar-refractivity contribution is 0.195. The van der Waals surface area contributed by atoms with Crippen molar-refractivity contribution in [2.45, 2.75) is 6.54 Å². The summed E-state index contributed by atoms with van der Waals surface area (Å²) < 4.78 is 0.802. The van der Waals surface area contributed by atoms with Crippen LogP contribution in [-0.4, -0.2) is 36.2 Å². The van der Waals surface area contributed by atoms with Gasteiger partial charge >= 0.3 is 0 Å². The highest BCUT2D eigenvalue weighted by atomic mass is 35.5. The van der Waals surface area contributed by atoms with E-state index in [1.54, 1.807) is 11.3 Å². The maximum Gasteiger partial charge on any atom is 0.0931 e. The maximum absolute atomic E-state index is 8.84. The molecular formula is C9H15ClN2OS. The van der Waals surface area contributed by atoms with Crippen LogP contribution in [0.2, 0.25) is 4.34 Å². The van der Waals surface area contributed by atoms with Gasteiger partial charge in [0.15, 0.2) is 0 Å². The zero-order valence-electron chi connectivity index (χ0n) is 7.95. The summed E-state index contributed by atoms with van der Waals surface area (Å²) in [5, 5.41) is 8.84. The topological polar surface area (TPSA) is 49.5 Å². The molecule has 5 heteroatoms. The summed E-state index contributed by atoms with van der Waals surface area (Å²) in [5.74, 6) is 0. The summed E-state index contributed by atoms with van der Waals surface area (Å²) in [6.07, 6.45) is 0. The molecule has 3 nitrogen and oxygen atoms in total. The number of thiophene rings is 1. The van der Waals surface area contributed by atoms with E-state index >= 15 is 0 Å². The van der Waals surface area contributed by atoms with Gasteiger partial charge in [0.1, 0.15) is 0 Å². The van der Waals surface area contributed by atoms with E-state index in [4.69, 9.17) is 22.4 Å². The van der Waals surface area contributed by atoms with Gasteiger partial charge in [-0.2, -0.15) is 0 Å². The molecular weight excluding hydrogens is 220 g/mol. The summed E-state index contributed by atoms with van der Waals surface area (Å²) in [6, 6.07) is 3.90. The van der Waals surface area contributed by atoms with E-state index in [9.17, 15) is 0 Å². The van der Waals surface area contributed by atoms with Crippen molar-refractivity contribution >= 4 is 22.9 Å². The van der Waals surface area contributed by atoms with Crippen LogP contribution >= 0.6 is 22.9 Å². The van der Waals surface area contributed by atoms with E-state index in [0.717, 1.165) is 17.4 Å². The van der Waals surface area contributed by atoms with Crippen molar-refractivity contribution in [3.63, 3.8) is 0 Å². The Morgan fingerprint density at radius 3 is 2.71 bits per heavy atom. The monoisotopic (exact) mass is 234 g/mol. The Morgan fingerprint density at radius 2 is 2.21 bits per heavy atom. The van der Waals surface area contributed by atoms with Crippen LogP contribution in [0.4, 0.5) is 0 Å². The van der Waals surface area contributed by atoms with Crippen molar-refractivity contribution in [2.75, 3.05) is 26.2 Å². The number of aliphatic hydroxyl groups excluding tert-OH is 1. The minimum atomic E-state index is 0.166. The number of hydrogen-bond acceptors (Lipinski definition) is 4. The van der Waals surface area contributed by atoms with Crippen LogP contribution in [0, 0.1) is 0 Å².